The summed E-state index contributed by atoms with van der Waals surface area (Å²) >= 11 is 0. The van der Waals surface area contributed by atoms with Gasteiger partial charge in [-0.15, -0.1) is 0 Å². The Labute approximate surface area is 167 Å². The fourth-order valence-corrected chi connectivity index (χ4v) is 4.04. The third-order valence-corrected chi connectivity index (χ3v) is 5.49. The molecule has 1 saturated heterocycles. The number of amides is 4. The van der Waals surface area contributed by atoms with Crippen molar-refractivity contribution in [3.8, 4) is 6.07 Å². The van der Waals surface area contributed by atoms with E-state index >= 15 is 0 Å². The molecule has 4 amide bonds. The SMILES string of the molecule is N#CCCN(Cc1ccco1)C(=O)CN1C(=O)N[C@@]2(CCc3ccccc32)C1=O. The van der Waals surface area contributed by atoms with Crippen LogP contribution >= 0.6 is 0 Å². The molecule has 1 aliphatic carbocycles. The van der Waals surface area contributed by atoms with E-state index < -0.39 is 23.4 Å². The maximum absolute atomic E-state index is 13.2. The Morgan fingerprint density at radius 1 is 1.28 bits per heavy atom. The zero-order chi connectivity index (χ0) is 20.4. The molecule has 1 atom stereocenters. The summed E-state index contributed by atoms with van der Waals surface area (Å²) in [5, 5.41) is 11.7. The fourth-order valence-electron chi connectivity index (χ4n) is 4.04. The zero-order valence-corrected chi connectivity index (χ0v) is 15.8. The minimum absolute atomic E-state index is 0.143. The average molecular weight is 392 g/mol. The molecule has 0 bridgehead atoms. The van der Waals surface area contributed by atoms with Crippen LogP contribution in [-0.2, 0) is 28.1 Å². The van der Waals surface area contributed by atoms with Gasteiger partial charge in [0.1, 0.15) is 17.8 Å². The van der Waals surface area contributed by atoms with Gasteiger partial charge in [-0.2, -0.15) is 5.26 Å². The highest BCUT2D eigenvalue weighted by molar-refractivity contribution is 6.09. The first-order chi connectivity index (χ1) is 14.0. The van der Waals surface area contributed by atoms with Crippen molar-refractivity contribution >= 4 is 17.8 Å². The molecule has 2 aromatic rings. The summed E-state index contributed by atoms with van der Waals surface area (Å²) in [4.78, 5) is 41.1. The Balaban J connectivity index is 1.52. The van der Waals surface area contributed by atoms with Crippen LogP contribution in [-0.4, -0.2) is 40.7 Å². The van der Waals surface area contributed by atoms with Crippen molar-refractivity contribution in [2.75, 3.05) is 13.1 Å². The van der Waals surface area contributed by atoms with E-state index in [1.54, 1.807) is 12.1 Å². The monoisotopic (exact) mass is 392 g/mol. The van der Waals surface area contributed by atoms with Crippen LogP contribution in [0.3, 0.4) is 0 Å². The van der Waals surface area contributed by atoms with Gasteiger partial charge in [-0.25, -0.2) is 4.79 Å². The summed E-state index contributed by atoms with van der Waals surface area (Å²) in [7, 11) is 0. The molecule has 1 spiro atoms. The summed E-state index contributed by atoms with van der Waals surface area (Å²) in [6.07, 6.45) is 2.81. The van der Waals surface area contributed by atoms with Gasteiger partial charge >= 0.3 is 6.03 Å². The first-order valence-electron chi connectivity index (χ1n) is 9.45. The molecule has 1 aliphatic heterocycles. The topological polar surface area (TPSA) is 107 Å². The van der Waals surface area contributed by atoms with Gasteiger partial charge in [0.05, 0.1) is 25.3 Å². The number of aryl methyl sites for hydroxylation is 1. The lowest BCUT2D eigenvalue weighted by atomic mass is 9.92. The number of hydrogen-bond acceptors (Lipinski definition) is 5. The van der Waals surface area contributed by atoms with Crippen LogP contribution in [0.25, 0.3) is 0 Å². The average Bonchev–Trinajstić information content (AvgIpc) is 3.42. The predicted octanol–water partition coefficient (Wildman–Crippen LogP) is 1.92. The van der Waals surface area contributed by atoms with Crippen LogP contribution < -0.4 is 5.32 Å². The van der Waals surface area contributed by atoms with Crippen molar-refractivity contribution in [1.82, 2.24) is 15.1 Å². The number of nitrogens with zero attached hydrogens (tertiary/aromatic N) is 3. The molecule has 1 aromatic carbocycles. The van der Waals surface area contributed by atoms with Crippen molar-refractivity contribution in [3.63, 3.8) is 0 Å². The van der Waals surface area contributed by atoms with Crippen LogP contribution in [0.2, 0.25) is 0 Å². The minimum Gasteiger partial charge on any atom is -0.467 e. The molecule has 8 heteroatoms. The first-order valence-corrected chi connectivity index (χ1v) is 9.45. The Hall–Kier alpha value is -3.60. The van der Waals surface area contributed by atoms with Gasteiger partial charge in [-0.1, -0.05) is 24.3 Å². The van der Waals surface area contributed by atoms with E-state index in [1.165, 1.54) is 11.2 Å². The van der Waals surface area contributed by atoms with E-state index in [-0.39, 0.29) is 26.1 Å². The maximum Gasteiger partial charge on any atom is 0.325 e. The molecule has 1 N–H and O–H groups in total. The molecule has 2 aliphatic rings. The highest BCUT2D eigenvalue weighted by Crippen LogP contribution is 2.41. The largest absolute Gasteiger partial charge is 0.467 e. The Morgan fingerprint density at radius 3 is 2.86 bits per heavy atom. The number of nitriles is 1. The number of imide groups is 1. The highest BCUT2D eigenvalue weighted by Gasteiger charge is 2.55. The van der Waals surface area contributed by atoms with Crippen LogP contribution in [0.5, 0.6) is 0 Å². The summed E-state index contributed by atoms with van der Waals surface area (Å²) in [6.45, 7) is -0.0144. The molecule has 8 nitrogen and oxygen atoms in total. The van der Waals surface area contributed by atoms with Gasteiger partial charge in [0, 0.05) is 6.54 Å². The van der Waals surface area contributed by atoms with Crippen molar-refractivity contribution in [2.45, 2.75) is 31.3 Å². The number of nitrogens with one attached hydrogen (secondary N) is 1. The van der Waals surface area contributed by atoms with Gasteiger partial charge in [0.25, 0.3) is 5.91 Å². The third kappa shape index (κ3) is 3.25. The van der Waals surface area contributed by atoms with Gasteiger partial charge in [-0.3, -0.25) is 14.5 Å². The fraction of sp³-hybridized carbons (Fsp3) is 0.333. The van der Waals surface area contributed by atoms with E-state index in [4.69, 9.17) is 9.68 Å². The summed E-state index contributed by atoms with van der Waals surface area (Å²) in [5.41, 5.74) is 0.736. The quantitative estimate of drug-likeness (QED) is 0.756. The molecular weight excluding hydrogens is 372 g/mol. The van der Waals surface area contributed by atoms with Crippen molar-refractivity contribution < 1.29 is 18.8 Å². The zero-order valence-electron chi connectivity index (χ0n) is 15.8. The number of carbonyl (C=O) groups is 3. The van der Waals surface area contributed by atoms with Crippen LogP contribution in [0, 0.1) is 11.3 Å². The standard InChI is InChI=1S/C21H20N4O4/c22-10-4-11-24(13-16-6-3-12-29-16)18(26)14-25-19(27)21(23-20(25)28)9-8-15-5-1-2-7-17(15)21/h1-3,5-7,12H,4,8-9,11,13-14H2,(H,23,28)/t21-/m1/s1. The summed E-state index contributed by atoms with van der Waals surface area (Å²) < 4.78 is 5.28. The number of rotatable bonds is 6. The van der Waals surface area contributed by atoms with E-state index in [0.717, 1.165) is 16.0 Å². The molecule has 0 saturated carbocycles. The molecule has 4 rings (SSSR count). The lowest BCUT2D eigenvalue weighted by molar-refractivity contribution is -0.139. The first kappa shape index (κ1) is 18.7. The number of furan rings is 1. The van der Waals surface area contributed by atoms with Crippen molar-refractivity contribution in [3.05, 3.63) is 59.5 Å². The van der Waals surface area contributed by atoms with Gasteiger partial charge < -0.3 is 14.6 Å². The number of hydrogen-bond donors (Lipinski definition) is 1. The smallest absolute Gasteiger partial charge is 0.325 e. The molecular formula is C21H20N4O4. The van der Waals surface area contributed by atoms with Crippen LogP contribution in [0.4, 0.5) is 4.79 Å². The second kappa shape index (κ2) is 7.43. The van der Waals surface area contributed by atoms with Gasteiger partial charge in [0.2, 0.25) is 5.91 Å². The Bertz CT molecular complexity index is 994. The molecule has 1 fully saturated rings. The van der Waals surface area contributed by atoms with E-state index in [1.807, 2.05) is 30.3 Å². The number of urea groups is 1. The highest BCUT2D eigenvalue weighted by atomic mass is 16.3. The van der Waals surface area contributed by atoms with Crippen LogP contribution in [0.15, 0.2) is 47.1 Å². The number of fused-ring (bicyclic) bond motifs is 2. The van der Waals surface area contributed by atoms with E-state index in [0.29, 0.717) is 18.6 Å². The van der Waals surface area contributed by atoms with Gasteiger partial charge in [-0.05, 0) is 36.1 Å². The second-order valence-electron chi connectivity index (χ2n) is 7.19. The molecule has 2 heterocycles. The molecule has 1 aromatic heterocycles. The maximum atomic E-state index is 13.2. The lowest BCUT2D eigenvalue weighted by Gasteiger charge is -2.24. The normalized spacial score (nSPS) is 19.9. The number of benzene rings is 1. The van der Waals surface area contributed by atoms with E-state index in [2.05, 4.69) is 5.32 Å². The molecule has 0 radical (unpaired) electrons. The lowest BCUT2D eigenvalue weighted by Crippen LogP contribution is -2.45. The summed E-state index contributed by atoms with van der Waals surface area (Å²) in [5.74, 6) is -0.253. The van der Waals surface area contributed by atoms with Gasteiger partial charge in [0.15, 0.2) is 0 Å². The Morgan fingerprint density at radius 2 is 2.10 bits per heavy atom. The predicted molar refractivity (Wildman–Crippen MR) is 101 cm³/mol. The third-order valence-electron chi connectivity index (χ3n) is 5.49. The summed E-state index contributed by atoms with van der Waals surface area (Å²) in [6, 6.07) is 12.4. The van der Waals surface area contributed by atoms with Crippen molar-refractivity contribution in [2.24, 2.45) is 0 Å². The molecule has 148 valence electrons. The molecule has 0 unspecified atom stereocenters. The number of carbonyl (C=O) groups excluding carboxylic acids is 3. The minimum atomic E-state index is -1.09. The van der Waals surface area contributed by atoms with Crippen molar-refractivity contribution in [1.29, 1.82) is 5.26 Å². The Kier molecular flexibility index (Phi) is 4.80. The van der Waals surface area contributed by atoms with E-state index in [9.17, 15) is 14.4 Å². The second-order valence-corrected chi connectivity index (χ2v) is 7.19. The van der Waals surface area contributed by atoms with Crippen LogP contribution in [0.1, 0.15) is 29.7 Å². The molecule has 29 heavy (non-hydrogen) atoms.